The fourth-order valence-electron chi connectivity index (χ4n) is 2.58. The van der Waals surface area contributed by atoms with E-state index in [1.165, 1.54) is 0 Å². The van der Waals surface area contributed by atoms with Crippen molar-refractivity contribution in [3.8, 4) is 11.5 Å². The van der Waals surface area contributed by atoms with Gasteiger partial charge in [0.2, 0.25) is 0 Å². The van der Waals surface area contributed by atoms with Crippen molar-refractivity contribution >= 4 is 5.69 Å². The van der Waals surface area contributed by atoms with Crippen LogP contribution in [0.3, 0.4) is 0 Å². The van der Waals surface area contributed by atoms with Gasteiger partial charge in [0.05, 0.1) is 18.8 Å². The van der Waals surface area contributed by atoms with Gasteiger partial charge >= 0.3 is 0 Å². The number of hydrogen-bond acceptors (Lipinski definition) is 4. The molecule has 0 amide bonds. The second kappa shape index (κ2) is 6.84. The van der Waals surface area contributed by atoms with E-state index in [1.807, 2.05) is 18.2 Å². The van der Waals surface area contributed by atoms with E-state index in [0.29, 0.717) is 23.8 Å². The van der Waals surface area contributed by atoms with Crippen molar-refractivity contribution in [3.05, 3.63) is 18.2 Å². The maximum absolute atomic E-state index is 6.13. The number of rotatable bonds is 5. The third-order valence-corrected chi connectivity index (χ3v) is 3.44. The predicted molar refractivity (Wildman–Crippen MR) is 80.3 cm³/mol. The van der Waals surface area contributed by atoms with Crippen LogP contribution in [0.15, 0.2) is 18.2 Å². The van der Waals surface area contributed by atoms with Gasteiger partial charge in [0, 0.05) is 12.8 Å². The molecule has 112 valence electrons. The minimum Gasteiger partial charge on any atom is -0.491 e. The Bertz CT molecular complexity index is 426. The Balaban J connectivity index is 2.05. The first kappa shape index (κ1) is 15.0. The molecule has 1 aliphatic rings. The lowest BCUT2D eigenvalue weighted by Crippen LogP contribution is -2.35. The molecule has 0 radical (unpaired) electrons. The van der Waals surface area contributed by atoms with Crippen molar-refractivity contribution in [1.82, 2.24) is 0 Å². The highest BCUT2D eigenvalue weighted by molar-refractivity contribution is 5.62. The Morgan fingerprint density at radius 1 is 1.20 bits per heavy atom. The molecule has 2 rings (SSSR count). The van der Waals surface area contributed by atoms with Crippen LogP contribution >= 0.6 is 0 Å². The molecule has 4 nitrogen and oxygen atoms in total. The average Bonchev–Trinajstić information content (AvgIpc) is 2.38. The highest BCUT2D eigenvalue weighted by Crippen LogP contribution is 2.34. The third-order valence-electron chi connectivity index (χ3n) is 3.44. The first-order chi connectivity index (χ1) is 9.60. The van der Waals surface area contributed by atoms with Crippen LogP contribution in [0.2, 0.25) is 0 Å². The maximum atomic E-state index is 6.13. The van der Waals surface area contributed by atoms with Crippen molar-refractivity contribution in [2.75, 3.05) is 12.3 Å². The molecular weight excluding hydrogens is 254 g/mol. The van der Waals surface area contributed by atoms with E-state index in [9.17, 15) is 0 Å². The van der Waals surface area contributed by atoms with Crippen molar-refractivity contribution in [3.63, 3.8) is 0 Å². The van der Waals surface area contributed by atoms with Crippen molar-refractivity contribution in [1.29, 1.82) is 0 Å². The smallest absolute Gasteiger partial charge is 0.146 e. The van der Waals surface area contributed by atoms with Crippen LogP contribution in [0.4, 0.5) is 5.69 Å². The SMILES string of the molecule is CCCOc1cccc(OC2CC(C)OC(C)C2)c1N. The molecule has 1 heterocycles. The quantitative estimate of drug-likeness (QED) is 0.839. The number of nitrogens with two attached hydrogens (primary N) is 1. The van der Waals surface area contributed by atoms with Gasteiger partial charge in [-0.2, -0.15) is 0 Å². The molecule has 1 aromatic carbocycles. The Hall–Kier alpha value is -1.42. The zero-order valence-corrected chi connectivity index (χ0v) is 12.6. The summed E-state index contributed by atoms with van der Waals surface area (Å²) in [6.07, 6.45) is 3.35. The van der Waals surface area contributed by atoms with E-state index >= 15 is 0 Å². The molecule has 20 heavy (non-hydrogen) atoms. The Morgan fingerprint density at radius 2 is 1.85 bits per heavy atom. The molecular formula is C16H25NO3. The van der Waals surface area contributed by atoms with E-state index < -0.39 is 0 Å². The number of benzene rings is 1. The van der Waals surface area contributed by atoms with Gasteiger partial charge in [0.1, 0.15) is 23.3 Å². The lowest BCUT2D eigenvalue weighted by molar-refractivity contribution is -0.0720. The van der Waals surface area contributed by atoms with Gasteiger partial charge in [-0.05, 0) is 32.4 Å². The Morgan fingerprint density at radius 3 is 2.50 bits per heavy atom. The van der Waals surface area contributed by atoms with Crippen molar-refractivity contribution in [2.45, 2.75) is 58.3 Å². The second-order valence-electron chi connectivity index (χ2n) is 5.49. The molecule has 2 atom stereocenters. The summed E-state index contributed by atoms with van der Waals surface area (Å²) in [4.78, 5) is 0. The summed E-state index contributed by atoms with van der Waals surface area (Å²) in [5.41, 5.74) is 6.72. The van der Waals surface area contributed by atoms with Gasteiger partial charge in [0.25, 0.3) is 0 Å². The minimum absolute atomic E-state index is 0.150. The van der Waals surface area contributed by atoms with Gasteiger partial charge in [-0.3, -0.25) is 0 Å². The molecule has 2 unspecified atom stereocenters. The van der Waals surface area contributed by atoms with Crippen molar-refractivity contribution in [2.24, 2.45) is 0 Å². The summed E-state index contributed by atoms with van der Waals surface area (Å²) in [7, 11) is 0. The number of hydrogen-bond donors (Lipinski definition) is 1. The fourth-order valence-corrected chi connectivity index (χ4v) is 2.58. The summed E-state index contributed by atoms with van der Waals surface area (Å²) < 4.78 is 17.4. The molecule has 1 fully saturated rings. The van der Waals surface area contributed by atoms with Gasteiger partial charge in [-0.25, -0.2) is 0 Å². The lowest BCUT2D eigenvalue weighted by atomic mass is 10.0. The monoisotopic (exact) mass is 279 g/mol. The number of para-hydroxylation sites is 1. The topological polar surface area (TPSA) is 53.7 Å². The maximum Gasteiger partial charge on any atom is 0.146 e. The lowest BCUT2D eigenvalue weighted by Gasteiger charge is -2.32. The van der Waals surface area contributed by atoms with E-state index in [2.05, 4.69) is 20.8 Å². The first-order valence-corrected chi connectivity index (χ1v) is 7.43. The van der Waals surface area contributed by atoms with E-state index in [1.54, 1.807) is 0 Å². The molecule has 0 aliphatic carbocycles. The zero-order chi connectivity index (χ0) is 14.5. The summed E-state index contributed by atoms with van der Waals surface area (Å²) in [5, 5.41) is 0. The van der Waals surface area contributed by atoms with Crippen LogP contribution in [0.5, 0.6) is 11.5 Å². The molecule has 1 aromatic rings. The summed E-state index contributed by atoms with van der Waals surface area (Å²) in [6, 6.07) is 5.70. The van der Waals surface area contributed by atoms with Crippen LogP contribution in [0.25, 0.3) is 0 Å². The molecule has 0 bridgehead atoms. The Labute approximate surface area is 121 Å². The van der Waals surface area contributed by atoms with E-state index in [0.717, 1.165) is 19.3 Å². The van der Waals surface area contributed by atoms with E-state index in [-0.39, 0.29) is 18.3 Å². The standard InChI is InChI=1S/C16H25NO3/c1-4-8-18-14-6-5-7-15(16(14)17)20-13-9-11(2)19-12(3)10-13/h5-7,11-13H,4,8-10,17H2,1-3H3. The summed E-state index contributed by atoms with van der Waals surface area (Å²) >= 11 is 0. The third kappa shape index (κ3) is 3.79. The normalized spacial score (nSPS) is 26.2. The van der Waals surface area contributed by atoms with Crippen LogP contribution in [-0.4, -0.2) is 24.9 Å². The fraction of sp³-hybridized carbons (Fsp3) is 0.625. The molecule has 4 heteroatoms. The van der Waals surface area contributed by atoms with Gasteiger partial charge in [-0.15, -0.1) is 0 Å². The highest BCUT2D eigenvalue weighted by atomic mass is 16.5. The van der Waals surface area contributed by atoms with Crippen LogP contribution in [0.1, 0.15) is 40.0 Å². The molecule has 1 aliphatic heterocycles. The van der Waals surface area contributed by atoms with Gasteiger partial charge in [0.15, 0.2) is 0 Å². The Kier molecular flexibility index (Phi) is 5.12. The van der Waals surface area contributed by atoms with Gasteiger partial charge in [-0.1, -0.05) is 13.0 Å². The average molecular weight is 279 g/mol. The molecule has 1 saturated heterocycles. The van der Waals surface area contributed by atoms with E-state index in [4.69, 9.17) is 19.9 Å². The van der Waals surface area contributed by atoms with Crippen LogP contribution in [0, 0.1) is 0 Å². The van der Waals surface area contributed by atoms with Crippen molar-refractivity contribution < 1.29 is 14.2 Å². The molecule has 2 N–H and O–H groups in total. The molecule has 0 saturated carbocycles. The zero-order valence-electron chi connectivity index (χ0n) is 12.6. The number of nitrogen functional groups attached to an aromatic ring is 1. The summed E-state index contributed by atoms with van der Waals surface area (Å²) in [6.45, 7) is 6.90. The number of anilines is 1. The first-order valence-electron chi connectivity index (χ1n) is 7.43. The largest absolute Gasteiger partial charge is 0.491 e. The minimum atomic E-state index is 0.150. The van der Waals surface area contributed by atoms with Gasteiger partial charge < -0.3 is 19.9 Å². The second-order valence-corrected chi connectivity index (χ2v) is 5.49. The highest BCUT2D eigenvalue weighted by Gasteiger charge is 2.26. The predicted octanol–water partition coefficient (Wildman–Crippen LogP) is 3.39. The van der Waals surface area contributed by atoms with Crippen LogP contribution < -0.4 is 15.2 Å². The number of ether oxygens (including phenoxy) is 3. The molecule has 0 aromatic heterocycles. The molecule has 0 spiro atoms. The summed E-state index contributed by atoms with van der Waals surface area (Å²) in [5.74, 6) is 1.42. The van der Waals surface area contributed by atoms with Crippen LogP contribution in [-0.2, 0) is 4.74 Å².